The second-order valence-electron chi connectivity index (χ2n) is 4.60. The molecule has 0 unspecified atom stereocenters. The Morgan fingerprint density at radius 1 is 1.32 bits per heavy atom. The third-order valence-corrected chi connectivity index (χ3v) is 2.82. The van der Waals surface area contributed by atoms with E-state index >= 15 is 0 Å². The summed E-state index contributed by atoms with van der Waals surface area (Å²) in [4.78, 5) is 34.0. The van der Waals surface area contributed by atoms with Gasteiger partial charge in [0.1, 0.15) is 11.9 Å². The summed E-state index contributed by atoms with van der Waals surface area (Å²) in [6, 6.07) is 4.31. The summed E-state index contributed by atoms with van der Waals surface area (Å²) < 4.78 is 17.8. The van der Waals surface area contributed by atoms with Crippen LogP contribution in [0.4, 0.5) is 4.39 Å². The van der Waals surface area contributed by atoms with E-state index in [1.165, 1.54) is 18.2 Å². The third-order valence-electron chi connectivity index (χ3n) is 2.82. The summed E-state index contributed by atoms with van der Waals surface area (Å²) >= 11 is 0. The van der Waals surface area contributed by atoms with Crippen LogP contribution in [0.25, 0.3) is 0 Å². The lowest BCUT2D eigenvalue weighted by Crippen LogP contribution is -2.42. The van der Waals surface area contributed by atoms with Gasteiger partial charge in [-0.1, -0.05) is 12.1 Å². The molecule has 1 aromatic carbocycles. The number of halogens is 1. The molecule has 0 spiro atoms. The predicted octanol–water partition coefficient (Wildman–Crippen LogP) is 1.28. The molecule has 0 aliphatic carbocycles. The Kier molecular flexibility index (Phi) is 7.01. The minimum Gasteiger partial charge on any atom is -0.480 e. The van der Waals surface area contributed by atoms with E-state index in [-0.39, 0.29) is 25.9 Å². The van der Waals surface area contributed by atoms with Crippen LogP contribution in [0.1, 0.15) is 25.3 Å². The highest BCUT2D eigenvalue weighted by Gasteiger charge is 2.21. The summed E-state index contributed by atoms with van der Waals surface area (Å²) in [5, 5.41) is 11.4. The monoisotopic (exact) mass is 311 g/mol. The SMILES string of the molecule is CCOC(=O)CCC(=O)N[C@@H](Cc1cccc(F)c1)C(=O)O. The zero-order chi connectivity index (χ0) is 16.5. The fourth-order valence-corrected chi connectivity index (χ4v) is 1.81. The van der Waals surface area contributed by atoms with Gasteiger partial charge in [-0.05, 0) is 24.6 Å². The summed E-state index contributed by atoms with van der Waals surface area (Å²) in [5.41, 5.74) is 0.457. The number of carboxylic acid groups (broad SMARTS) is 1. The van der Waals surface area contributed by atoms with Crippen molar-refractivity contribution in [2.45, 2.75) is 32.2 Å². The number of aliphatic carboxylic acids is 1. The lowest BCUT2D eigenvalue weighted by atomic mass is 10.1. The second-order valence-corrected chi connectivity index (χ2v) is 4.60. The molecule has 0 bridgehead atoms. The van der Waals surface area contributed by atoms with E-state index in [9.17, 15) is 18.8 Å². The first-order valence-corrected chi connectivity index (χ1v) is 6.84. The first-order chi connectivity index (χ1) is 10.4. The van der Waals surface area contributed by atoms with Gasteiger partial charge in [-0.2, -0.15) is 0 Å². The largest absolute Gasteiger partial charge is 0.480 e. The smallest absolute Gasteiger partial charge is 0.326 e. The van der Waals surface area contributed by atoms with Gasteiger partial charge < -0.3 is 15.2 Å². The molecule has 0 aromatic heterocycles. The van der Waals surface area contributed by atoms with E-state index in [0.717, 1.165) is 0 Å². The average Bonchev–Trinajstić information content (AvgIpc) is 2.45. The Balaban J connectivity index is 2.55. The fraction of sp³-hybridized carbons (Fsp3) is 0.400. The van der Waals surface area contributed by atoms with Gasteiger partial charge in [-0.3, -0.25) is 9.59 Å². The van der Waals surface area contributed by atoms with Crippen LogP contribution in [0.3, 0.4) is 0 Å². The number of ether oxygens (including phenoxy) is 1. The maximum atomic E-state index is 13.1. The molecule has 6 nitrogen and oxygen atoms in total. The molecule has 1 atom stereocenters. The number of carbonyl (C=O) groups is 3. The van der Waals surface area contributed by atoms with Crippen molar-refractivity contribution in [1.82, 2.24) is 5.32 Å². The molecule has 0 aliphatic heterocycles. The van der Waals surface area contributed by atoms with Gasteiger partial charge in [0.15, 0.2) is 0 Å². The van der Waals surface area contributed by atoms with Crippen molar-refractivity contribution in [1.29, 1.82) is 0 Å². The number of benzene rings is 1. The Labute approximate surface area is 127 Å². The van der Waals surface area contributed by atoms with Crippen molar-refractivity contribution in [3.05, 3.63) is 35.6 Å². The van der Waals surface area contributed by atoms with Crippen LogP contribution < -0.4 is 5.32 Å². The third kappa shape index (κ3) is 6.34. The van der Waals surface area contributed by atoms with Gasteiger partial charge in [0.2, 0.25) is 5.91 Å². The maximum absolute atomic E-state index is 13.1. The van der Waals surface area contributed by atoms with Crippen LogP contribution in [0.15, 0.2) is 24.3 Å². The van der Waals surface area contributed by atoms with Crippen molar-refractivity contribution in [2.24, 2.45) is 0 Å². The number of carbonyl (C=O) groups excluding carboxylic acids is 2. The molecular formula is C15H18FNO5. The first kappa shape index (κ1) is 17.6. The highest BCUT2D eigenvalue weighted by atomic mass is 19.1. The van der Waals surface area contributed by atoms with E-state index in [2.05, 4.69) is 10.1 Å². The summed E-state index contributed by atoms with van der Waals surface area (Å²) in [6.45, 7) is 1.87. The number of rotatable bonds is 8. The molecule has 1 amide bonds. The van der Waals surface area contributed by atoms with Crippen molar-refractivity contribution < 1.29 is 28.6 Å². The molecule has 0 fully saturated rings. The molecule has 0 saturated heterocycles. The number of esters is 1. The Morgan fingerprint density at radius 3 is 2.64 bits per heavy atom. The summed E-state index contributed by atoms with van der Waals surface area (Å²) in [6.07, 6.45) is -0.323. The summed E-state index contributed by atoms with van der Waals surface area (Å²) in [5.74, 6) is -2.80. The molecule has 2 N–H and O–H groups in total. The van der Waals surface area contributed by atoms with Gasteiger partial charge >= 0.3 is 11.9 Å². The molecule has 7 heteroatoms. The molecule has 0 aliphatic rings. The fourth-order valence-electron chi connectivity index (χ4n) is 1.81. The van der Waals surface area contributed by atoms with Crippen molar-refractivity contribution in [3.63, 3.8) is 0 Å². The molecule has 0 radical (unpaired) electrons. The normalized spacial score (nSPS) is 11.5. The van der Waals surface area contributed by atoms with Gasteiger partial charge in [0.25, 0.3) is 0 Å². The number of hydrogen-bond donors (Lipinski definition) is 2. The van der Waals surface area contributed by atoms with Gasteiger partial charge in [-0.15, -0.1) is 0 Å². The van der Waals surface area contributed by atoms with Gasteiger partial charge in [0.05, 0.1) is 13.0 Å². The lowest BCUT2D eigenvalue weighted by Gasteiger charge is -2.14. The Bertz CT molecular complexity index is 546. The standard InChI is InChI=1S/C15H18FNO5/c1-2-22-14(19)7-6-13(18)17-12(15(20)21)9-10-4-3-5-11(16)8-10/h3-5,8,12H,2,6-7,9H2,1H3,(H,17,18)(H,20,21)/t12-/m0/s1. The van der Waals surface area contributed by atoms with Crippen molar-refractivity contribution in [2.75, 3.05) is 6.61 Å². The zero-order valence-electron chi connectivity index (χ0n) is 12.2. The minimum absolute atomic E-state index is 0.0434. The quantitative estimate of drug-likeness (QED) is 0.706. The van der Waals surface area contributed by atoms with Crippen LogP contribution in [-0.2, 0) is 25.5 Å². The van der Waals surface area contributed by atoms with Crippen molar-refractivity contribution >= 4 is 17.8 Å². The Hall–Kier alpha value is -2.44. The van der Waals surface area contributed by atoms with E-state index in [1.807, 2.05) is 0 Å². The van der Waals surface area contributed by atoms with Crippen molar-refractivity contribution in [3.8, 4) is 0 Å². The second kappa shape index (κ2) is 8.76. The highest BCUT2D eigenvalue weighted by molar-refractivity contribution is 5.85. The van der Waals surface area contributed by atoms with E-state index in [4.69, 9.17) is 5.11 Å². The van der Waals surface area contributed by atoms with E-state index in [0.29, 0.717) is 5.56 Å². The van der Waals surface area contributed by atoms with E-state index in [1.54, 1.807) is 13.0 Å². The predicted molar refractivity (Wildman–Crippen MR) is 75.5 cm³/mol. The topological polar surface area (TPSA) is 92.7 Å². The minimum atomic E-state index is -1.23. The van der Waals surface area contributed by atoms with Gasteiger partial charge in [0, 0.05) is 12.8 Å². The summed E-state index contributed by atoms with van der Waals surface area (Å²) in [7, 11) is 0. The molecule has 1 aromatic rings. The van der Waals surface area contributed by atoms with Crippen LogP contribution in [0.5, 0.6) is 0 Å². The molecule has 0 saturated carbocycles. The molecular weight excluding hydrogens is 293 g/mol. The van der Waals surface area contributed by atoms with E-state index < -0.39 is 29.7 Å². The average molecular weight is 311 g/mol. The maximum Gasteiger partial charge on any atom is 0.326 e. The highest BCUT2D eigenvalue weighted by Crippen LogP contribution is 2.07. The zero-order valence-corrected chi connectivity index (χ0v) is 12.2. The molecule has 120 valence electrons. The molecule has 0 heterocycles. The Morgan fingerprint density at radius 2 is 2.05 bits per heavy atom. The number of amides is 1. The van der Waals surface area contributed by atoms with Crippen LogP contribution in [-0.4, -0.2) is 35.6 Å². The van der Waals surface area contributed by atoms with Gasteiger partial charge in [-0.25, -0.2) is 9.18 Å². The van der Waals surface area contributed by atoms with Crippen LogP contribution in [0.2, 0.25) is 0 Å². The molecule has 1 rings (SSSR count). The molecule has 22 heavy (non-hydrogen) atoms. The number of nitrogens with one attached hydrogen (secondary N) is 1. The number of carboxylic acids is 1. The first-order valence-electron chi connectivity index (χ1n) is 6.84. The number of hydrogen-bond acceptors (Lipinski definition) is 4. The lowest BCUT2D eigenvalue weighted by molar-refractivity contribution is -0.144. The van der Waals surface area contributed by atoms with Crippen LogP contribution in [0, 0.1) is 5.82 Å². The van der Waals surface area contributed by atoms with Crippen LogP contribution >= 0.6 is 0 Å².